The van der Waals surface area contributed by atoms with Crippen LogP contribution < -0.4 is 5.32 Å². The topological polar surface area (TPSA) is 72.5 Å². The molecule has 7 heteroatoms. The minimum Gasteiger partial charge on any atom is -0.380 e. The molecular weight excluding hydrogens is 338 g/mol. The molecule has 0 aliphatic rings. The predicted molar refractivity (Wildman–Crippen MR) is 89.3 cm³/mol. The van der Waals surface area contributed by atoms with Gasteiger partial charge in [0.25, 0.3) is 0 Å². The van der Waals surface area contributed by atoms with E-state index >= 15 is 0 Å². The number of ether oxygens (including phenoxy) is 1. The maximum atomic E-state index is 12.2. The van der Waals surface area contributed by atoms with Gasteiger partial charge in [0.05, 0.1) is 11.5 Å². The molecule has 0 aromatic heterocycles. The Morgan fingerprint density at radius 3 is 2.52 bits per heavy atom. The number of anilines is 1. The van der Waals surface area contributed by atoms with Gasteiger partial charge in [0.2, 0.25) is 5.91 Å². The largest absolute Gasteiger partial charge is 0.380 e. The maximum Gasteiger partial charge on any atom is 0.239 e. The van der Waals surface area contributed by atoms with Gasteiger partial charge in [-0.05, 0) is 42.0 Å². The molecule has 2 aromatic carbocycles. The van der Waals surface area contributed by atoms with Gasteiger partial charge >= 0.3 is 0 Å². The Kier molecular flexibility index (Phi) is 5.76. The smallest absolute Gasteiger partial charge is 0.239 e. The van der Waals surface area contributed by atoms with E-state index in [1.165, 1.54) is 24.3 Å². The summed E-state index contributed by atoms with van der Waals surface area (Å²) in [6, 6.07) is 12.7. The van der Waals surface area contributed by atoms with Crippen molar-refractivity contribution in [3.63, 3.8) is 0 Å². The molecule has 1 N–H and O–H groups in total. The van der Waals surface area contributed by atoms with Gasteiger partial charge in [-0.15, -0.1) is 0 Å². The van der Waals surface area contributed by atoms with Crippen molar-refractivity contribution in [3.05, 3.63) is 59.1 Å². The van der Waals surface area contributed by atoms with E-state index < -0.39 is 21.5 Å². The van der Waals surface area contributed by atoms with E-state index in [-0.39, 0.29) is 4.90 Å². The van der Waals surface area contributed by atoms with Crippen LogP contribution in [0.2, 0.25) is 5.02 Å². The van der Waals surface area contributed by atoms with Crippen molar-refractivity contribution in [1.82, 2.24) is 0 Å². The van der Waals surface area contributed by atoms with Crippen molar-refractivity contribution >= 4 is 33.0 Å². The lowest BCUT2D eigenvalue weighted by Gasteiger charge is -2.08. The first-order valence-corrected chi connectivity index (χ1v) is 8.80. The van der Waals surface area contributed by atoms with Gasteiger partial charge in [-0.2, -0.15) is 0 Å². The van der Waals surface area contributed by atoms with Crippen LogP contribution in [0.4, 0.5) is 5.69 Å². The first-order valence-electron chi connectivity index (χ1n) is 6.77. The predicted octanol–water partition coefficient (Wildman–Crippen LogP) is 2.90. The van der Waals surface area contributed by atoms with Crippen LogP contribution in [0, 0.1) is 0 Å². The third-order valence-electron chi connectivity index (χ3n) is 3.02. The number of hydrogen-bond acceptors (Lipinski definition) is 4. The molecular formula is C16H16ClNO4S. The maximum absolute atomic E-state index is 12.2. The highest BCUT2D eigenvalue weighted by Crippen LogP contribution is 2.16. The molecule has 0 spiro atoms. The molecule has 5 nitrogen and oxygen atoms in total. The van der Waals surface area contributed by atoms with Crippen LogP contribution in [0.5, 0.6) is 0 Å². The summed E-state index contributed by atoms with van der Waals surface area (Å²) in [5, 5.41) is 3.01. The number of carbonyl (C=O) groups excluding carboxylic acids is 1. The summed E-state index contributed by atoms with van der Waals surface area (Å²) < 4.78 is 29.4. The number of methoxy groups -OCH3 is 1. The minimum absolute atomic E-state index is 0.0604. The zero-order valence-corrected chi connectivity index (χ0v) is 14.0. The molecule has 0 saturated heterocycles. The lowest BCUT2D eigenvalue weighted by molar-refractivity contribution is -0.113. The van der Waals surface area contributed by atoms with E-state index in [2.05, 4.69) is 5.32 Å². The van der Waals surface area contributed by atoms with Crippen molar-refractivity contribution in [2.75, 3.05) is 18.2 Å². The summed E-state index contributed by atoms with van der Waals surface area (Å²) in [6.07, 6.45) is 0. The molecule has 0 bridgehead atoms. The summed E-state index contributed by atoms with van der Waals surface area (Å²) in [5.74, 6) is -1.24. The molecule has 1 amide bonds. The number of carbonyl (C=O) groups is 1. The molecule has 2 rings (SSSR count). The quantitative estimate of drug-likeness (QED) is 0.866. The molecule has 122 valence electrons. The molecule has 0 aliphatic carbocycles. The van der Waals surface area contributed by atoms with E-state index in [0.717, 1.165) is 5.56 Å². The second kappa shape index (κ2) is 7.59. The molecule has 0 unspecified atom stereocenters. The van der Waals surface area contributed by atoms with Gasteiger partial charge < -0.3 is 10.1 Å². The van der Waals surface area contributed by atoms with Gasteiger partial charge in [-0.3, -0.25) is 4.79 Å². The number of halogens is 1. The van der Waals surface area contributed by atoms with E-state index in [4.69, 9.17) is 16.3 Å². The Morgan fingerprint density at radius 2 is 1.87 bits per heavy atom. The molecule has 0 heterocycles. The fourth-order valence-corrected chi connectivity index (χ4v) is 3.26. The van der Waals surface area contributed by atoms with Crippen molar-refractivity contribution < 1.29 is 17.9 Å². The Bertz CT molecular complexity index is 788. The summed E-state index contributed by atoms with van der Waals surface area (Å²) in [6.45, 7) is 0.410. The molecule has 0 aliphatic heterocycles. The Labute approximate surface area is 140 Å². The summed E-state index contributed by atoms with van der Waals surface area (Å²) >= 11 is 5.73. The Morgan fingerprint density at radius 1 is 1.17 bits per heavy atom. The number of nitrogens with one attached hydrogen (secondary N) is 1. The molecule has 0 saturated carbocycles. The third-order valence-corrected chi connectivity index (χ3v) is 4.90. The SMILES string of the molecule is COCc1cccc(NC(=O)CS(=O)(=O)c2ccc(Cl)cc2)c1. The van der Waals surface area contributed by atoms with Crippen molar-refractivity contribution in [3.8, 4) is 0 Å². The molecule has 0 fully saturated rings. The first kappa shape index (κ1) is 17.5. The highest BCUT2D eigenvalue weighted by molar-refractivity contribution is 7.92. The monoisotopic (exact) mass is 353 g/mol. The average Bonchev–Trinajstić information content (AvgIpc) is 2.47. The lowest BCUT2D eigenvalue weighted by atomic mass is 10.2. The number of rotatable bonds is 6. The highest BCUT2D eigenvalue weighted by Gasteiger charge is 2.19. The minimum atomic E-state index is -3.71. The van der Waals surface area contributed by atoms with E-state index in [9.17, 15) is 13.2 Å². The molecule has 0 atom stereocenters. The highest BCUT2D eigenvalue weighted by atomic mass is 35.5. The first-order chi connectivity index (χ1) is 10.9. The normalized spacial score (nSPS) is 11.2. The van der Waals surface area contributed by atoms with Gasteiger partial charge in [0.1, 0.15) is 5.75 Å². The molecule has 2 aromatic rings. The van der Waals surface area contributed by atoms with Crippen molar-refractivity contribution in [2.45, 2.75) is 11.5 Å². The zero-order valence-electron chi connectivity index (χ0n) is 12.5. The average molecular weight is 354 g/mol. The second-order valence-electron chi connectivity index (χ2n) is 4.89. The number of amides is 1. The zero-order chi connectivity index (χ0) is 16.9. The standard InChI is InChI=1S/C16H16ClNO4S/c1-22-10-12-3-2-4-14(9-12)18-16(19)11-23(20,21)15-7-5-13(17)6-8-15/h2-9H,10-11H2,1H3,(H,18,19). The van der Waals surface area contributed by atoms with Crippen LogP contribution in [0.1, 0.15) is 5.56 Å². The number of benzene rings is 2. The van der Waals surface area contributed by atoms with Gasteiger partial charge in [-0.1, -0.05) is 23.7 Å². The van der Waals surface area contributed by atoms with Crippen LogP contribution in [-0.2, 0) is 26.0 Å². The van der Waals surface area contributed by atoms with E-state index in [1.807, 2.05) is 6.07 Å². The Hall–Kier alpha value is -1.89. The summed E-state index contributed by atoms with van der Waals surface area (Å²) in [7, 11) is -2.14. The lowest BCUT2D eigenvalue weighted by Crippen LogP contribution is -2.23. The van der Waals surface area contributed by atoms with Gasteiger partial charge in [0, 0.05) is 17.8 Å². The van der Waals surface area contributed by atoms with Crippen LogP contribution in [-0.4, -0.2) is 27.2 Å². The number of hydrogen-bond donors (Lipinski definition) is 1. The molecule has 0 radical (unpaired) electrons. The van der Waals surface area contributed by atoms with Crippen LogP contribution >= 0.6 is 11.6 Å². The fraction of sp³-hybridized carbons (Fsp3) is 0.188. The second-order valence-corrected chi connectivity index (χ2v) is 7.32. The fourth-order valence-electron chi connectivity index (χ4n) is 2.00. The van der Waals surface area contributed by atoms with Crippen LogP contribution in [0.25, 0.3) is 0 Å². The summed E-state index contributed by atoms with van der Waals surface area (Å²) in [4.78, 5) is 12.1. The van der Waals surface area contributed by atoms with E-state index in [0.29, 0.717) is 17.3 Å². The number of sulfone groups is 1. The molecule has 23 heavy (non-hydrogen) atoms. The Balaban J connectivity index is 2.06. The van der Waals surface area contributed by atoms with Crippen molar-refractivity contribution in [2.24, 2.45) is 0 Å². The third kappa shape index (κ3) is 5.06. The van der Waals surface area contributed by atoms with Crippen LogP contribution in [0.3, 0.4) is 0 Å². The summed E-state index contributed by atoms with van der Waals surface area (Å²) in [5.41, 5.74) is 1.40. The van der Waals surface area contributed by atoms with Crippen molar-refractivity contribution in [1.29, 1.82) is 0 Å². The van der Waals surface area contributed by atoms with E-state index in [1.54, 1.807) is 25.3 Å². The van der Waals surface area contributed by atoms with Gasteiger partial charge in [-0.25, -0.2) is 8.42 Å². The van der Waals surface area contributed by atoms with Crippen LogP contribution in [0.15, 0.2) is 53.4 Å². The van der Waals surface area contributed by atoms with Gasteiger partial charge in [0.15, 0.2) is 9.84 Å².